The van der Waals surface area contributed by atoms with Crippen LogP contribution in [0, 0.1) is 18.2 Å². The highest BCUT2D eigenvalue weighted by molar-refractivity contribution is 6.30. The van der Waals surface area contributed by atoms with E-state index in [0.29, 0.717) is 5.56 Å². The summed E-state index contributed by atoms with van der Waals surface area (Å²) < 4.78 is 23.9. The summed E-state index contributed by atoms with van der Waals surface area (Å²) in [6, 6.07) is 5.28. The van der Waals surface area contributed by atoms with Crippen molar-refractivity contribution in [2.75, 3.05) is 6.61 Å². The number of esters is 1. The zero-order valence-corrected chi connectivity index (χ0v) is 13.4. The third-order valence-electron chi connectivity index (χ3n) is 2.97. The summed E-state index contributed by atoms with van der Waals surface area (Å²) in [6.45, 7) is 1.28. The van der Waals surface area contributed by atoms with Crippen LogP contribution in [-0.2, 0) is 9.53 Å². The van der Waals surface area contributed by atoms with E-state index < -0.39 is 17.9 Å². The van der Waals surface area contributed by atoms with Crippen molar-refractivity contribution in [3.05, 3.63) is 41.3 Å². The highest BCUT2D eigenvalue weighted by Gasteiger charge is 2.18. The van der Waals surface area contributed by atoms with Crippen LogP contribution >= 0.6 is 11.6 Å². The van der Waals surface area contributed by atoms with Gasteiger partial charge in [-0.1, -0.05) is 17.5 Å². The Labute approximate surface area is 143 Å². The number of pyridine rings is 1. The molecule has 2 rings (SSSR count). The van der Waals surface area contributed by atoms with Crippen LogP contribution < -0.4 is 4.74 Å². The summed E-state index contributed by atoms with van der Waals surface area (Å²) in [7, 11) is 0. The van der Waals surface area contributed by atoms with Crippen LogP contribution in [0.15, 0.2) is 30.5 Å². The molecule has 1 atom stereocenters. The van der Waals surface area contributed by atoms with E-state index in [0.717, 1.165) is 6.07 Å². The van der Waals surface area contributed by atoms with Crippen molar-refractivity contribution in [3.63, 3.8) is 0 Å². The molecule has 0 saturated heterocycles. The van der Waals surface area contributed by atoms with E-state index in [1.165, 1.54) is 31.3 Å². The topological polar surface area (TPSA) is 68.7 Å². The van der Waals surface area contributed by atoms with Gasteiger partial charge in [0, 0.05) is 11.8 Å². The second-order valence-electron chi connectivity index (χ2n) is 4.74. The normalized spacial score (nSPS) is 11.4. The quantitative estimate of drug-likeness (QED) is 0.663. The standard InChI is InChI=1S/C17H13ClFNO4/c1-3-6-23-17(22)10(2)24-15-5-4-11(7-14(15)21)16-13(19)8-12(18)9-20-16/h1,4-5,7-10,21H,6H2,2H3. The van der Waals surface area contributed by atoms with E-state index in [4.69, 9.17) is 27.5 Å². The number of nitrogens with zero attached hydrogens (tertiary/aromatic N) is 1. The van der Waals surface area contributed by atoms with Crippen LogP contribution in [0.5, 0.6) is 11.5 Å². The number of rotatable bonds is 5. The van der Waals surface area contributed by atoms with Crippen molar-refractivity contribution in [3.8, 4) is 35.1 Å². The Morgan fingerprint density at radius 3 is 2.88 bits per heavy atom. The van der Waals surface area contributed by atoms with Gasteiger partial charge in [0.2, 0.25) is 0 Å². The molecule has 1 N–H and O–H groups in total. The number of halogens is 2. The molecule has 0 fully saturated rings. The molecule has 0 bridgehead atoms. The van der Waals surface area contributed by atoms with Crippen LogP contribution in [0.2, 0.25) is 5.02 Å². The first kappa shape index (κ1) is 17.6. The van der Waals surface area contributed by atoms with Gasteiger partial charge in [0.15, 0.2) is 30.0 Å². The summed E-state index contributed by atoms with van der Waals surface area (Å²) in [5.74, 6) is 0.638. The molecular formula is C17H13ClFNO4. The summed E-state index contributed by atoms with van der Waals surface area (Å²) in [6.07, 6.45) is 5.32. The number of benzene rings is 1. The number of phenols is 1. The minimum atomic E-state index is -0.972. The Hall–Kier alpha value is -2.78. The summed E-state index contributed by atoms with van der Waals surface area (Å²) in [5.41, 5.74) is 0.360. The molecule has 0 aliphatic rings. The minimum Gasteiger partial charge on any atom is -0.504 e. The number of hydrogen-bond donors (Lipinski definition) is 1. The molecule has 0 saturated carbocycles. The van der Waals surface area contributed by atoms with E-state index in [9.17, 15) is 14.3 Å². The number of hydrogen-bond acceptors (Lipinski definition) is 5. The molecule has 7 heteroatoms. The van der Waals surface area contributed by atoms with E-state index in [2.05, 4.69) is 10.9 Å². The maximum Gasteiger partial charge on any atom is 0.347 e. The number of terminal acetylenes is 1. The van der Waals surface area contributed by atoms with E-state index in [-0.39, 0.29) is 28.8 Å². The lowest BCUT2D eigenvalue weighted by Gasteiger charge is -2.14. The predicted molar refractivity (Wildman–Crippen MR) is 86.2 cm³/mol. The Kier molecular flexibility index (Phi) is 5.61. The third kappa shape index (κ3) is 4.15. The lowest BCUT2D eigenvalue weighted by molar-refractivity contribution is -0.149. The van der Waals surface area contributed by atoms with Crippen molar-refractivity contribution in [1.29, 1.82) is 0 Å². The number of aromatic nitrogens is 1. The highest BCUT2D eigenvalue weighted by atomic mass is 35.5. The Balaban J connectivity index is 2.18. The van der Waals surface area contributed by atoms with Crippen molar-refractivity contribution < 1.29 is 23.8 Å². The zero-order valence-electron chi connectivity index (χ0n) is 12.6. The molecule has 0 aliphatic heterocycles. The molecule has 5 nitrogen and oxygen atoms in total. The molecule has 0 aliphatic carbocycles. The number of carbonyl (C=O) groups is 1. The molecule has 2 aromatic rings. The zero-order chi connectivity index (χ0) is 17.7. The smallest absolute Gasteiger partial charge is 0.347 e. The first-order valence-electron chi connectivity index (χ1n) is 6.83. The number of aromatic hydroxyl groups is 1. The van der Waals surface area contributed by atoms with Gasteiger partial charge < -0.3 is 14.6 Å². The fourth-order valence-electron chi connectivity index (χ4n) is 1.86. The van der Waals surface area contributed by atoms with E-state index in [1.807, 2.05) is 0 Å². The molecule has 1 aromatic heterocycles. The van der Waals surface area contributed by atoms with Gasteiger partial charge in [0.25, 0.3) is 0 Å². The van der Waals surface area contributed by atoms with Crippen molar-refractivity contribution in [2.45, 2.75) is 13.0 Å². The molecule has 0 spiro atoms. The van der Waals surface area contributed by atoms with Gasteiger partial charge in [0.1, 0.15) is 5.69 Å². The van der Waals surface area contributed by atoms with Crippen LogP contribution in [0.25, 0.3) is 11.3 Å². The largest absolute Gasteiger partial charge is 0.504 e. The average Bonchev–Trinajstić information content (AvgIpc) is 2.54. The monoisotopic (exact) mass is 349 g/mol. The van der Waals surface area contributed by atoms with Gasteiger partial charge in [0.05, 0.1) is 5.02 Å². The van der Waals surface area contributed by atoms with Gasteiger partial charge >= 0.3 is 5.97 Å². The first-order chi connectivity index (χ1) is 11.4. The maximum absolute atomic E-state index is 13.9. The molecule has 124 valence electrons. The second-order valence-corrected chi connectivity index (χ2v) is 5.17. The summed E-state index contributed by atoms with van der Waals surface area (Å²) in [5, 5.41) is 10.2. The number of carbonyl (C=O) groups excluding carboxylic acids is 1. The molecule has 1 heterocycles. The lowest BCUT2D eigenvalue weighted by Crippen LogP contribution is -2.26. The maximum atomic E-state index is 13.9. The molecule has 0 radical (unpaired) electrons. The SMILES string of the molecule is C#CCOC(=O)C(C)Oc1ccc(-c2ncc(Cl)cc2F)cc1O. The van der Waals surface area contributed by atoms with Gasteiger partial charge in [-0.15, -0.1) is 6.42 Å². The van der Waals surface area contributed by atoms with Crippen LogP contribution in [0.1, 0.15) is 6.92 Å². The van der Waals surface area contributed by atoms with Crippen LogP contribution in [0.3, 0.4) is 0 Å². The molecule has 1 aromatic carbocycles. The van der Waals surface area contributed by atoms with Crippen molar-refractivity contribution in [2.24, 2.45) is 0 Å². The highest BCUT2D eigenvalue weighted by Crippen LogP contribution is 2.33. The first-order valence-corrected chi connectivity index (χ1v) is 7.21. The fourth-order valence-corrected chi connectivity index (χ4v) is 2.00. The minimum absolute atomic E-state index is 0.0303. The Bertz CT molecular complexity index is 804. The van der Waals surface area contributed by atoms with Crippen molar-refractivity contribution >= 4 is 17.6 Å². The molecular weight excluding hydrogens is 337 g/mol. The van der Waals surface area contributed by atoms with Crippen LogP contribution in [0.4, 0.5) is 4.39 Å². The lowest BCUT2D eigenvalue weighted by atomic mass is 10.1. The predicted octanol–water partition coefficient (Wildman–Crippen LogP) is 3.19. The van der Waals surface area contributed by atoms with E-state index >= 15 is 0 Å². The van der Waals surface area contributed by atoms with Crippen LogP contribution in [-0.4, -0.2) is 28.8 Å². The molecule has 1 unspecified atom stereocenters. The molecule has 0 amide bonds. The third-order valence-corrected chi connectivity index (χ3v) is 3.18. The summed E-state index contributed by atoms with van der Waals surface area (Å²) >= 11 is 5.66. The second kappa shape index (κ2) is 7.66. The van der Waals surface area contributed by atoms with Gasteiger partial charge in [-0.05, 0) is 31.2 Å². The Morgan fingerprint density at radius 1 is 1.50 bits per heavy atom. The van der Waals surface area contributed by atoms with Gasteiger partial charge in [-0.2, -0.15) is 0 Å². The van der Waals surface area contributed by atoms with E-state index in [1.54, 1.807) is 0 Å². The fraction of sp³-hybridized carbons (Fsp3) is 0.176. The summed E-state index contributed by atoms with van der Waals surface area (Å²) in [4.78, 5) is 15.5. The Morgan fingerprint density at radius 2 is 2.25 bits per heavy atom. The van der Waals surface area contributed by atoms with Crippen molar-refractivity contribution in [1.82, 2.24) is 4.98 Å². The molecule has 24 heavy (non-hydrogen) atoms. The van der Waals surface area contributed by atoms with Gasteiger partial charge in [-0.25, -0.2) is 9.18 Å². The average molecular weight is 350 g/mol. The number of ether oxygens (including phenoxy) is 2. The number of phenolic OH excluding ortho intramolecular Hbond substituents is 1. The van der Waals surface area contributed by atoms with Gasteiger partial charge in [-0.3, -0.25) is 4.98 Å².